The molecule has 2 aliphatic rings. The molecule has 2 aromatic rings. The van der Waals surface area contributed by atoms with Gasteiger partial charge in [0.2, 0.25) is 17.6 Å². The zero-order valence-corrected chi connectivity index (χ0v) is 12.4. The number of amides is 1. The van der Waals surface area contributed by atoms with Crippen LogP contribution in [-0.4, -0.2) is 37.7 Å². The fraction of sp³-hybridized carbons (Fsp3) is 0.533. The molecule has 0 bridgehead atoms. The number of nitrogens with zero attached hydrogens (tertiary/aromatic N) is 5. The Morgan fingerprint density at radius 1 is 1.27 bits per heavy atom. The summed E-state index contributed by atoms with van der Waals surface area (Å²) in [6, 6.07) is 3.59. The SMILES string of the molecule is Cc1ccc(-c2noc(C3CCCN3C(=O)C3CC3)n2)nn1. The topological polar surface area (TPSA) is 85.0 Å². The van der Waals surface area contributed by atoms with Crippen molar-refractivity contribution in [3.63, 3.8) is 0 Å². The summed E-state index contributed by atoms with van der Waals surface area (Å²) in [5, 5.41) is 12.1. The first-order chi connectivity index (χ1) is 10.7. The van der Waals surface area contributed by atoms with Crippen LogP contribution in [0.2, 0.25) is 0 Å². The minimum atomic E-state index is -0.0900. The highest BCUT2D eigenvalue weighted by molar-refractivity contribution is 5.81. The normalized spacial score (nSPS) is 21.3. The average Bonchev–Trinajstić information content (AvgIpc) is 3.07. The van der Waals surface area contributed by atoms with Crippen molar-refractivity contribution in [2.75, 3.05) is 6.54 Å². The minimum Gasteiger partial charge on any atom is -0.337 e. The lowest BCUT2D eigenvalue weighted by molar-refractivity contribution is -0.133. The fourth-order valence-electron chi connectivity index (χ4n) is 2.84. The van der Waals surface area contributed by atoms with Crippen molar-refractivity contribution in [3.8, 4) is 11.5 Å². The molecule has 22 heavy (non-hydrogen) atoms. The van der Waals surface area contributed by atoms with Crippen LogP contribution in [0.3, 0.4) is 0 Å². The number of aryl methyl sites for hydroxylation is 1. The lowest BCUT2D eigenvalue weighted by atomic mass is 10.2. The first-order valence-corrected chi connectivity index (χ1v) is 7.67. The molecule has 7 heteroatoms. The van der Waals surface area contributed by atoms with Crippen LogP contribution < -0.4 is 0 Å². The summed E-state index contributed by atoms with van der Waals surface area (Å²) in [7, 11) is 0. The number of hydrogen-bond acceptors (Lipinski definition) is 6. The lowest BCUT2D eigenvalue weighted by Gasteiger charge is -2.21. The molecule has 1 aliphatic carbocycles. The van der Waals surface area contributed by atoms with E-state index in [1.54, 1.807) is 0 Å². The van der Waals surface area contributed by atoms with Gasteiger partial charge in [-0.1, -0.05) is 5.16 Å². The molecule has 1 saturated heterocycles. The summed E-state index contributed by atoms with van der Waals surface area (Å²) < 4.78 is 5.39. The van der Waals surface area contributed by atoms with Crippen molar-refractivity contribution in [1.82, 2.24) is 25.2 Å². The molecule has 0 radical (unpaired) electrons. The summed E-state index contributed by atoms with van der Waals surface area (Å²) in [5.74, 6) is 1.38. The van der Waals surface area contributed by atoms with Gasteiger partial charge in [0.05, 0.1) is 5.69 Å². The molecule has 4 rings (SSSR count). The molecule has 1 aliphatic heterocycles. The van der Waals surface area contributed by atoms with Gasteiger partial charge in [-0.25, -0.2) is 0 Å². The molecule has 114 valence electrons. The summed E-state index contributed by atoms with van der Waals surface area (Å²) in [6.45, 7) is 2.65. The molecular formula is C15H17N5O2. The highest BCUT2D eigenvalue weighted by Gasteiger charge is 2.40. The van der Waals surface area contributed by atoms with E-state index < -0.39 is 0 Å². The van der Waals surface area contributed by atoms with E-state index in [2.05, 4.69) is 20.3 Å². The molecule has 3 heterocycles. The smallest absolute Gasteiger partial charge is 0.249 e. The Balaban J connectivity index is 1.57. The van der Waals surface area contributed by atoms with Crippen LogP contribution >= 0.6 is 0 Å². The maximum absolute atomic E-state index is 12.3. The van der Waals surface area contributed by atoms with Gasteiger partial charge in [0.15, 0.2) is 0 Å². The maximum atomic E-state index is 12.3. The standard InChI is InChI=1S/C15H17N5O2/c1-9-4-7-11(18-17-9)13-16-14(22-19-13)12-3-2-8-20(12)15(21)10-5-6-10/h4,7,10,12H,2-3,5-6,8H2,1H3. The van der Waals surface area contributed by atoms with Gasteiger partial charge >= 0.3 is 0 Å². The Hall–Kier alpha value is -2.31. The van der Waals surface area contributed by atoms with E-state index in [1.165, 1.54) is 0 Å². The molecule has 1 atom stereocenters. The molecule has 7 nitrogen and oxygen atoms in total. The molecular weight excluding hydrogens is 282 g/mol. The number of carbonyl (C=O) groups excluding carboxylic acids is 1. The van der Waals surface area contributed by atoms with Crippen LogP contribution in [0.4, 0.5) is 0 Å². The summed E-state index contributed by atoms with van der Waals surface area (Å²) in [4.78, 5) is 18.6. The number of hydrogen-bond donors (Lipinski definition) is 0. The minimum absolute atomic E-state index is 0.0900. The fourth-order valence-corrected chi connectivity index (χ4v) is 2.84. The molecule has 0 aromatic carbocycles. The Labute approximate surface area is 127 Å². The van der Waals surface area contributed by atoms with Crippen molar-refractivity contribution >= 4 is 5.91 Å². The largest absolute Gasteiger partial charge is 0.337 e. The lowest BCUT2D eigenvalue weighted by Crippen LogP contribution is -2.31. The Morgan fingerprint density at radius 2 is 2.14 bits per heavy atom. The quantitative estimate of drug-likeness (QED) is 0.860. The molecule has 2 aromatic heterocycles. The summed E-state index contributed by atoms with van der Waals surface area (Å²) >= 11 is 0. The van der Waals surface area contributed by atoms with Crippen molar-refractivity contribution < 1.29 is 9.32 Å². The Morgan fingerprint density at radius 3 is 2.86 bits per heavy atom. The van der Waals surface area contributed by atoms with E-state index in [4.69, 9.17) is 4.52 Å². The molecule has 1 unspecified atom stereocenters. The zero-order valence-electron chi connectivity index (χ0n) is 12.4. The second-order valence-corrected chi connectivity index (χ2v) is 5.98. The first kappa shape index (κ1) is 13.4. The summed E-state index contributed by atoms with van der Waals surface area (Å²) in [5.41, 5.74) is 1.42. The van der Waals surface area contributed by atoms with E-state index in [9.17, 15) is 4.79 Å². The van der Waals surface area contributed by atoms with E-state index in [0.29, 0.717) is 17.4 Å². The first-order valence-electron chi connectivity index (χ1n) is 7.67. The van der Waals surface area contributed by atoms with Crippen molar-refractivity contribution in [1.29, 1.82) is 0 Å². The van der Waals surface area contributed by atoms with Gasteiger partial charge in [-0.15, -0.1) is 5.10 Å². The van der Waals surface area contributed by atoms with Gasteiger partial charge in [-0.05, 0) is 44.7 Å². The van der Waals surface area contributed by atoms with Crippen molar-refractivity contribution in [2.24, 2.45) is 5.92 Å². The second-order valence-electron chi connectivity index (χ2n) is 5.98. The third-order valence-electron chi connectivity index (χ3n) is 4.22. The number of likely N-dealkylation sites (tertiary alicyclic amines) is 1. The van der Waals surface area contributed by atoms with Crippen LogP contribution in [0.25, 0.3) is 11.5 Å². The highest BCUT2D eigenvalue weighted by atomic mass is 16.5. The zero-order chi connectivity index (χ0) is 15.1. The molecule has 1 amide bonds. The highest BCUT2D eigenvalue weighted by Crippen LogP contribution is 2.38. The average molecular weight is 299 g/mol. The van der Waals surface area contributed by atoms with Crippen molar-refractivity contribution in [2.45, 2.75) is 38.6 Å². The van der Waals surface area contributed by atoms with E-state index in [1.807, 2.05) is 24.0 Å². The summed E-state index contributed by atoms with van der Waals surface area (Å²) in [6.07, 6.45) is 3.87. The van der Waals surface area contributed by atoms with E-state index in [0.717, 1.165) is 37.9 Å². The number of rotatable bonds is 3. The van der Waals surface area contributed by atoms with E-state index >= 15 is 0 Å². The van der Waals surface area contributed by atoms with E-state index in [-0.39, 0.29) is 17.9 Å². The van der Waals surface area contributed by atoms with Gasteiger partial charge in [0.1, 0.15) is 11.7 Å². The monoisotopic (exact) mass is 299 g/mol. The second kappa shape index (κ2) is 5.15. The van der Waals surface area contributed by atoms with Gasteiger partial charge in [-0.3, -0.25) is 4.79 Å². The predicted molar refractivity (Wildman–Crippen MR) is 76.5 cm³/mol. The van der Waals surface area contributed by atoms with Gasteiger partial charge < -0.3 is 9.42 Å². The molecule has 0 spiro atoms. The maximum Gasteiger partial charge on any atom is 0.249 e. The predicted octanol–water partition coefficient (Wildman–Crippen LogP) is 1.91. The van der Waals surface area contributed by atoms with Gasteiger partial charge in [0.25, 0.3) is 0 Å². The van der Waals surface area contributed by atoms with Crippen LogP contribution in [0.5, 0.6) is 0 Å². The van der Waals surface area contributed by atoms with Crippen molar-refractivity contribution in [3.05, 3.63) is 23.7 Å². The molecule has 2 fully saturated rings. The number of carbonyl (C=O) groups is 1. The Kier molecular flexibility index (Phi) is 3.13. The van der Waals surface area contributed by atoms with Crippen LogP contribution in [-0.2, 0) is 4.79 Å². The van der Waals surface area contributed by atoms with Gasteiger partial charge in [0, 0.05) is 12.5 Å². The molecule has 1 saturated carbocycles. The third kappa shape index (κ3) is 2.36. The Bertz CT molecular complexity index is 692. The van der Waals surface area contributed by atoms with Gasteiger partial charge in [-0.2, -0.15) is 10.1 Å². The van der Waals surface area contributed by atoms with Crippen LogP contribution in [0.1, 0.15) is 43.3 Å². The molecule has 0 N–H and O–H groups in total. The number of aromatic nitrogens is 4. The van der Waals surface area contributed by atoms with Crippen LogP contribution in [0, 0.1) is 12.8 Å². The van der Waals surface area contributed by atoms with Crippen LogP contribution in [0.15, 0.2) is 16.7 Å². The third-order valence-corrected chi connectivity index (χ3v) is 4.22.